The minimum atomic E-state index is 0.243. The second-order valence-corrected chi connectivity index (χ2v) is 5.48. The van der Waals surface area contributed by atoms with Crippen LogP contribution < -0.4 is 5.73 Å². The fourth-order valence-electron chi connectivity index (χ4n) is 1.76. The highest BCUT2D eigenvalue weighted by molar-refractivity contribution is 7.80. The summed E-state index contributed by atoms with van der Waals surface area (Å²) in [7, 11) is 0. The Hall–Kier alpha value is -0.940. The molecule has 0 aromatic carbocycles. The Morgan fingerprint density at radius 1 is 1.50 bits per heavy atom. The van der Waals surface area contributed by atoms with Crippen molar-refractivity contribution in [3.8, 4) is 0 Å². The maximum atomic E-state index is 5.66. The number of hydrogen-bond donors (Lipinski definition) is 1. The number of aromatic nitrogens is 2. The molecule has 0 radical (unpaired) electrons. The lowest BCUT2D eigenvalue weighted by Gasteiger charge is -2.22. The zero-order valence-corrected chi connectivity index (χ0v) is 12.6. The van der Waals surface area contributed by atoms with E-state index in [9.17, 15) is 0 Å². The second-order valence-electron chi connectivity index (χ2n) is 5.01. The molecular weight excluding hydrogens is 244 g/mol. The van der Waals surface area contributed by atoms with Crippen molar-refractivity contribution in [1.82, 2.24) is 14.7 Å². The quantitative estimate of drug-likeness (QED) is 0.770. The van der Waals surface area contributed by atoms with Crippen LogP contribution in [0, 0.1) is 5.92 Å². The number of nitrogens with zero attached hydrogens (tertiary/aromatic N) is 3. The van der Waals surface area contributed by atoms with Crippen LogP contribution in [-0.4, -0.2) is 32.8 Å². The molecule has 4 nitrogen and oxygen atoms in total. The minimum absolute atomic E-state index is 0.243. The van der Waals surface area contributed by atoms with E-state index < -0.39 is 0 Å². The zero-order chi connectivity index (χ0) is 13.7. The molecule has 0 aliphatic carbocycles. The van der Waals surface area contributed by atoms with Gasteiger partial charge in [0.15, 0.2) is 0 Å². The van der Waals surface area contributed by atoms with Crippen molar-refractivity contribution >= 4 is 17.2 Å². The first-order chi connectivity index (χ1) is 8.43. The molecule has 0 aliphatic heterocycles. The molecule has 0 saturated carbocycles. The molecule has 1 aromatic heterocycles. The first-order valence-electron chi connectivity index (χ1n) is 6.49. The Labute approximate surface area is 115 Å². The standard InChI is InChI=1S/C13H24N4S/c1-5-16(8-11(4)13(14)18)9-12-6-7-17(15-12)10(2)3/h6-7,10-11H,5,8-9H2,1-4H3,(H2,14,18). The topological polar surface area (TPSA) is 47.1 Å². The van der Waals surface area contributed by atoms with Crippen LogP contribution in [0.1, 0.15) is 39.4 Å². The molecule has 1 unspecified atom stereocenters. The molecule has 1 heterocycles. The summed E-state index contributed by atoms with van der Waals surface area (Å²) in [6.45, 7) is 11.2. The van der Waals surface area contributed by atoms with Gasteiger partial charge in [-0.2, -0.15) is 5.10 Å². The number of thiocarbonyl (C=S) groups is 1. The summed E-state index contributed by atoms with van der Waals surface area (Å²) in [6, 6.07) is 2.48. The van der Waals surface area contributed by atoms with Crippen LogP contribution in [0.4, 0.5) is 0 Å². The predicted octanol–water partition coefficient (Wildman–Crippen LogP) is 2.21. The summed E-state index contributed by atoms with van der Waals surface area (Å²) >= 11 is 5.02. The average Bonchev–Trinajstić information content (AvgIpc) is 2.76. The molecule has 0 saturated heterocycles. The summed E-state index contributed by atoms with van der Waals surface area (Å²) < 4.78 is 1.99. The molecule has 1 rings (SSSR count). The lowest BCUT2D eigenvalue weighted by Crippen LogP contribution is -2.33. The third-order valence-corrected chi connectivity index (χ3v) is 3.45. The van der Waals surface area contributed by atoms with Crippen LogP contribution in [0.25, 0.3) is 0 Å². The number of hydrogen-bond acceptors (Lipinski definition) is 3. The Kier molecular flexibility index (Phi) is 5.75. The molecular formula is C13H24N4S. The predicted molar refractivity (Wildman–Crippen MR) is 79.5 cm³/mol. The van der Waals surface area contributed by atoms with Crippen molar-refractivity contribution in [2.75, 3.05) is 13.1 Å². The SMILES string of the molecule is CCN(Cc1ccn(C(C)C)n1)CC(C)C(N)=S. The summed E-state index contributed by atoms with van der Waals surface area (Å²) in [5.74, 6) is 0.243. The lowest BCUT2D eigenvalue weighted by molar-refractivity contribution is 0.260. The van der Waals surface area contributed by atoms with E-state index in [1.165, 1.54) is 0 Å². The van der Waals surface area contributed by atoms with E-state index in [2.05, 4.69) is 43.8 Å². The molecule has 5 heteroatoms. The van der Waals surface area contributed by atoms with Gasteiger partial charge in [-0.1, -0.05) is 26.1 Å². The van der Waals surface area contributed by atoms with Crippen LogP contribution in [0.15, 0.2) is 12.3 Å². The Morgan fingerprint density at radius 3 is 2.61 bits per heavy atom. The van der Waals surface area contributed by atoms with Crippen molar-refractivity contribution in [3.05, 3.63) is 18.0 Å². The summed E-state index contributed by atoms with van der Waals surface area (Å²) in [4.78, 5) is 2.90. The van der Waals surface area contributed by atoms with Gasteiger partial charge in [0.05, 0.1) is 10.7 Å². The van der Waals surface area contributed by atoms with Crippen LogP contribution in [0.3, 0.4) is 0 Å². The first-order valence-corrected chi connectivity index (χ1v) is 6.90. The first kappa shape index (κ1) is 15.1. The van der Waals surface area contributed by atoms with Gasteiger partial charge in [0.25, 0.3) is 0 Å². The van der Waals surface area contributed by atoms with E-state index in [-0.39, 0.29) is 5.92 Å². The van der Waals surface area contributed by atoms with Crippen molar-refractivity contribution in [3.63, 3.8) is 0 Å². The van der Waals surface area contributed by atoms with Crippen LogP contribution >= 0.6 is 12.2 Å². The maximum absolute atomic E-state index is 5.66. The fraction of sp³-hybridized carbons (Fsp3) is 0.692. The summed E-state index contributed by atoms with van der Waals surface area (Å²) in [6.07, 6.45) is 2.03. The van der Waals surface area contributed by atoms with Gasteiger partial charge in [0.1, 0.15) is 0 Å². The van der Waals surface area contributed by atoms with Crippen molar-refractivity contribution < 1.29 is 0 Å². The molecule has 0 bridgehead atoms. The number of nitrogens with two attached hydrogens (primary N) is 1. The van der Waals surface area contributed by atoms with Crippen LogP contribution in [0.2, 0.25) is 0 Å². The van der Waals surface area contributed by atoms with Gasteiger partial charge in [-0.15, -0.1) is 0 Å². The molecule has 0 spiro atoms. The van der Waals surface area contributed by atoms with Crippen LogP contribution in [0.5, 0.6) is 0 Å². The van der Waals surface area contributed by atoms with Gasteiger partial charge in [-0.05, 0) is 26.5 Å². The minimum Gasteiger partial charge on any atom is -0.393 e. The number of rotatable bonds is 7. The molecule has 0 fully saturated rings. The molecule has 18 heavy (non-hydrogen) atoms. The fourth-order valence-corrected chi connectivity index (χ4v) is 1.84. The van der Waals surface area contributed by atoms with E-state index in [0.29, 0.717) is 11.0 Å². The lowest BCUT2D eigenvalue weighted by atomic mass is 10.1. The highest BCUT2D eigenvalue weighted by Crippen LogP contribution is 2.08. The molecule has 0 amide bonds. The highest BCUT2D eigenvalue weighted by atomic mass is 32.1. The average molecular weight is 268 g/mol. The normalized spacial score (nSPS) is 13.2. The van der Waals surface area contributed by atoms with Gasteiger partial charge in [-0.25, -0.2) is 0 Å². The molecule has 0 aliphatic rings. The maximum Gasteiger partial charge on any atom is 0.0768 e. The van der Waals surface area contributed by atoms with Crippen LogP contribution in [-0.2, 0) is 6.54 Å². The van der Waals surface area contributed by atoms with Gasteiger partial charge >= 0.3 is 0 Å². The molecule has 1 atom stereocenters. The van der Waals surface area contributed by atoms with E-state index in [0.717, 1.165) is 25.3 Å². The Bertz CT molecular complexity index is 386. The van der Waals surface area contributed by atoms with Gasteiger partial charge < -0.3 is 5.73 Å². The van der Waals surface area contributed by atoms with Crippen molar-refractivity contribution in [2.24, 2.45) is 11.7 Å². The molecule has 2 N–H and O–H groups in total. The molecule has 1 aromatic rings. The van der Waals surface area contributed by atoms with Crippen molar-refractivity contribution in [2.45, 2.75) is 40.3 Å². The molecule has 102 valence electrons. The van der Waals surface area contributed by atoms with Gasteiger partial charge in [-0.3, -0.25) is 9.58 Å². The highest BCUT2D eigenvalue weighted by Gasteiger charge is 2.12. The van der Waals surface area contributed by atoms with Gasteiger partial charge in [0, 0.05) is 31.2 Å². The summed E-state index contributed by atoms with van der Waals surface area (Å²) in [5, 5.41) is 4.56. The van der Waals surface area contributed by atoms with E-state index in [1.807, 2.05) is 10.9 Å². The van der Waals surface area contributed by atoms with E-state index in [4.69, 9.17) is 18.0 Å². The Morgan fingerprint density at radius 2 is 2.17 bits per heavy atom. The third kappa shape index (κ3) is 4.38. The summed E-state index contributed by atoms with van der Waals surface area (Å²) in [5.41, 5.74) is 6.76. The van der Waals surface area contributed by atoms with E-state index >= 15 is 0 Å². The van der Waals surface area contributed by atoms with Gasteiger partial charge in [0.2, 0.25) is 0 Å². The second kappa shape index (κ2) is 6.85. The largest absolute Gasteiger partial charge is 0.393 e. The monoisotopic (exact) mass is 268 g/mol. The van der Waals surface area contributed by atoms with E-state index in [1.54, 1.807) is 0 Å². The third-order valence-electron chi connectivity index (χ3n) is 3.04. The smallest absolute Gasteiger partial charge is 0.0768 e. The Balaban J connectivity index is 2.59. The van der Waals surface area contributed by atoms with Crippen molar-refractivity contribution in [1.29, 1.82) is 0 Å². The zero-order valence-electron chi connectivity index (χ0n) is 11.8.